The second kappa shape index (κ2) is 9.27. The summed E-state index contributed by atoms with van der Waals surface area (Å²) in [5.74, 6) is 1.45. The van der Waals surface area contributed by atoms with E-state index in [9.17, 15) is 4.79 Å². The van der Waals surface area contributed by atoms with Gasteiger partial charge in [-0.1, -0.05) is 48.9 Å². The topological polar surface area (TPSA) is 29.5 Å². The first kappa shape index (κ1) is 19.8. The number of likely N-dealkylation sites (tertiary alicyclic amines) is 1. The fraction of sp³-hybridized carbons (Fsp3) is 0.435. The maximum absolute atomic E-state index is 12.9. The van der Waals surface area contributed by atoms with Crippen LogP contribution < -0.4 is 4.74 Å². The maximum Gasteiger partial charge on any atom is 0.263 e. The van der Waals surface area contributed by atoms with Crippen molar-refractivity contribution >= 4 is 17.5 Å². The van der Waals surface area contributed by atoms with Crippen molar-refractivity contribution in [1.82, 2.24) is 4.90 Å². The van der Waals surface area contributed by atoms with E-state index in [1.165, 1.54) is 5.56 Å². The molecule has 4 heteroatoms. The molecule has 1 fully saturated rings. The summed E-state index contributed by atoms with van der Waals surface area (Å²) in [4.78, 5) is 14.9. The predicted octanol–water partition coefficient (Wildman–Crippen LogP) is 5.29. The second-order valence-electron chi connectivity index (χ2n) is 7.38. The molecule has 3 rings (SSSR count). The summed E-state index contributed by atoms with van der Waals surface area (Å²) in [5, 5.41) is 0.710. The first-order chi connectivity index (χ1) is 13.1. The van der Waals surface area contributed by atoms with Crippen LogP contribution in [0.5, 0.6) is 5.75 Å². The van der Waals surface area contributed by atoms with E-state index in [1.54, 1.807) is 0 Å². The lowest BCUT2D eigenvalue weighted by Gasteiger charge is -2.34. The number of aryl methyl sites for hydroxylation is 1. The number of nitrogens with zero attached hydrogens (tertiary/aromatic N) is 1. The number of rotatable bonds is 6. The molecule has 0 aromatic heterocycles. The third-order valence-electron chi connectivity index (χ3n) is 5.35. The number of benzene rings is 2. The zero-order valence-electron chi connectivity index (χ0n) is 16.2. The van der Waals surface area contributed by atoms with Gasteiger partial charge in [-0.3, -0.25) is 4.79 Å². The summed E-state index contributed by atoms with van der Waals surface area (Å²) in [6.45, 7) is 5.56. The number of piperidine rings is 1. The van der Waals surface area contributed by atoms with Gasteiger partial charge in [0.05, 0.1) is 0 Å². The molecule has 27 heavy (non-hydrogen) atoms. The minimum absolute atomic E-state index is 0.100. The molecule has 0 spiro atoms. The molecule has 1 aliphatic heterocycles. The van der Waals surface area contributed by atoms with E-state index < -0.39 is 6.10 Å². The number of amides is 1. The highest BCUT2D eigenvalue weighted by Crippen LogP contribution is 2.25. The molecule has 0 saturated carbocycles. The number of halogens is 1. The first-order valence-electron chi connectivity index (χ1n) is 9.82. The van der Waals surface area contributed by atoms with Crippen LogP contribution in [0.4, 0.5) is 0 Å². The summed E-state index contributed by atoms with van der Waals surface area (Å²) < 4.78 is 5.99. The Morgan fingerprint density at radius 1 is 1.19 bits per heavy atom. The van der Waals surface area contributed by atoms with Gasteiger partial charge in [0.15, 0.2) is 6.10 Å². The molecule has 1 aliphatic rings. The largest absolute Gasteiger partial charge is 0.481 e. The molecule has 0 N–H and O–H groups in total. The molecule has 0 radical (unpaired) electrons. The third-order valence-corrected chi connectivity index (χ3v) is 5.77. The van der Waals surface area contributed by atoms with Crippen LogP contribution in [-0.2, 0) is 11.2 Å². The van der Waals surface area contributed by atoms with Crippen molar-refractivity contribution in [3.63, 3.8) is 0 Å². The number of carbonyl (C=O) groups is 1. The summed E-state index contributed by atoms with van der Waals surface area (Å²) in [6, 6.07) is 16.2. The standard InChI is InChI=1S/C23H28ClNO2/c1-3-22(27-20-9-10-21(24)17(2)15-20)23(26)25-13-11-19(12-14-25)16-18-7-5-4-6-8-18/h4-10,15,19,22H,3,11-14,16H2,1-2H3. The highest BCUT2D eigenvalue weighted by atomic mass is 35.5. The average Bonchev–Trinajstić information content (AvgIpc) is 2.69. The minimum Gasteiger partial charge on any atom is -0.481 e. The van der Waals surface area contributed by atoms with Crippen LogP contribution in [0.1, 0.15) is 37.3 Å². The predicted molar refractivity (Wildman–Crippen MR) is 110 cm³/mol. The Labute approximate surface area is 167 Å². The Bertz CT molecular complexity index is 754. The zero-order chi connectivity index (χ0) is 19.2. The van der Waals surface area contributed by atoms with E-state index in [-0.39, 0.29) is 5.91 Å². The van der Waals surface area contributed by atoms with Gasteiger partial charge in [0.2, 0.25) is 0 Å². The van der Waals surface area contributed by atoms with E-state index in [1.807, 2.05) is 36.9 Å². The van der Waals surface area contributed by atoms with E-state index in [0.717, 1.165) is 37.9 Å². The van der Waals surface area contributed by atoms with Crippen molar-refractivity contribution in [2.24, 2.45) is 5.92 Å². The Kier molecular flexibility index (Phi) is 6.78. The van der Waals surface area contributed by atoms with Gasteiger partial charge in [0.1, 0.15) is 5.75 Å². The summed E-state index contributed by atoms with van der Waals surface area (Å²) in [6.07, 6.45) is 3.43. The summed E-state index contributed by atoms with van der Waals surface area (Å²) in [7, 11) is 0. The van der Waals surface area contributed by atoms with E-state index in [2.05, 4.69) is 30.3 Å². The Morgan fingerprint density at radius 3 is 2.52 bits per heavy atom. The Balaban J connectivity index is 1.54. The number of hydrogen-bond acceptors (Lipinski definition) is 2. The van der Waals surface area contributed by atoms with E-state index in [0.29, 0.717) is 23.1 Å². The van der Waals surface area contributed by atoms with Crippen molar-refractivity contribution < 1.29 is 9.53 Å². The number of hydrogen-bond donors (Lipinski definition) is 0. The van der Waals surface area contributed by atoms with Crippen LogP contribution in [0.25, 0.3) is 0 Å². The maximum atomic E-state index is 12.9. The molecule has 0 bridgehead atoms. The molecule has 2 aromatic carbocycles. The quantitative estimate of drug-likeness (QED) is 0.676. The van der Waals surface area contributed by atoms with Gasteiger partial charge in [-0.25, -0.2) is 0 Å². The van der Waals surface area contributed by atoms with Gasteiger partial charge >= 0.3 is 0 Å². The van der Waals surface area contributed by atoms with Crippen LogP contribution in [0, 0.1) is 12.8 Å². The van der Waals surface area contributed by atoms with Crippen LogP contribution in [-0.4, -0.2) is 30.0 Å². The average molecular weight is 386 g/mol. The minimum atomic E-state index is -0.434. The number of ether oxygens (including phenoxy) is 1. The highest BCUT2D eigenvalue weighted by molar-refractivity contribution is 6.31. The fourth-order valence-corrected chi connectivity index (χ4v) is 3.79. The van der Waals surface area contributed by atoms with Gasteiger partial charge < -0.3 is 9.64 Å². The molecular weight excluding hydrogens is 358 g/mol. The molecule has 144 valence electrons. The zero-order valence-corrected chi connectivity index (χ0v) is 16.9. The van der Waals surface area contributed by atoms with Crippen LogP contribution in [0.15, 0.2) is 48.5 Å². The summed E-state index contributed by atoms with van der Waals surface area (Å²) >= 11 is 6.08. The van der Waals surface area contributed by atoms with Gasteiger partial charge in [-0.05, 0) is 67.9 Å². The molecule has 3 nitrogen and oxygen atoms in total. The molecular formula is C23H28ClNO2. The van der Waals surface area contributed by atoms with Crippen molar-refractivity contribution in [1.29, 1.82) is 0 Å². The van der Waals surface area contributed by atoms with Crippen molar-refractivity contribution in [3.8, 4) is 5.75 Å². The Morgan fingerprint density at radius 2 is 1.89 bits per heavy atom. The lowest BCUT2D eigenvalue weighted by Crippen LogP contribution is -2.45. The fourth-order valence-electron chi connectivity index (χ4n) is 3.67. The normalized spacial score (nSPS) is 16.2. The van der Waals surface area contributed by atoms with Crippen molar-refractivity contribution in [3.05, 3.63) is 64.7 Å². The molecule has 0 aliphatic carbocycles. The van der Waals surface area contributed by atoms with Crippen LogP contribution in [0.3, 0.4) is 0 Å². The van der Waals surface area contributed by atoms with Crippen molar-refractivity contribution in [2.75, 3.05) is 13.1 Å². The van der Waals surface area contributed by atoms with Crippen molar-refractivity contribution in [2.45, 2.75) is 45.6 Å². The molecule has 1 saturated heterocycles. The molecule has 2 aromatic rings. The number of carbonyl (C=O) groups excluding carboxylic acids is 1. The molecule has 1 heterocycles. The highest BCUT2D eigenvalue weighted by Gasteiger charge is 2.28. The van der Waals surface area contributed by atoms with Gasteiger partial charge in [-0.2, -0.15) is 0 Å². The van der Waals surface area contributed by atoms with Crippen LogP contribution >= 0.6 is 11.6 Å². The van der Waals surface area contributed by atoms with Gasteiger partial charge in [-0.15, -0.1) is 0 Å². The summed E-state index contributed by atoms with van der Waals surface area (Å²) in [5.41, 5.74) is 2.34. The smallest absolute Gasteiger partial charge is 0.263 e. The van der Waals surface area contributed by atoms with Gasteiger partial charge in [0, 0.05) is 18.1 Å². The molecule has 1 atom stereocenters. The monoisotopic (exact) mass is 385 g/mol. The lowest BCUT2D eigenvalue weighted by molar-refractivity contribution is -0.140. The first-order valence-corrected chi connectivity index (χ1v) is 10.2. The lowest BCUT2D eigenvalue weighted by atomic mass is 9.90. The Hall–Kier alpha value is -2.00. The molecule has 1 amide bonds. The van der Waals surface area contributed by atoms with Crippen LogP contribution in [0.2, 0.25) is 5.02 Å². The van der Waals surface area contributed by atoms with E-state index >= 15 is 0 Å². The SMILES string of the molecule is CCC(Oc1ccc(Cl)c(C)c1)C(=O)N1CCC(Cc2ccccc2)CC1. The van der Waals surface area contributed by atoms with Gasteiger partial charge in [0.25, 0.3) is 5.91 Å². The third kappa shape index (κ3) is 5.26. The molecule has 1 unspecified atom stereocenters. The van der Waals surface area contributed by atoms with E-state index in [4.69, 9.17) is 16.3 Å². The second-order valence-corrected chi connectivity index (χ2v) is 7.79.